The maximum atomic E-state index is 5.62. The molecule has 0 bridgehead atoms. The molecule has 0 aliphatic rings. The number of halogens is 1. The Balaban J connectivity index is 2.02. The third-order valence-electron chi connectivity index (χ3n) is 3.09. The van der Waals surface area contributed by atoms with Gasteiger partial charge in [0.15, 0.2) is 0 Å². The summed E-state index contributed by atoms with van der Waals surface area (Å²) >= 11 is 3.45. The van der Waals surface area contributed by atoms with E-state index in [9.17, 15) is 0 Å². The number of methoxy groups -OCH3 is 1. The standard InChI is InChI=1S/C18H19BrN2O2/c1-3-10-23-18-9-8-16(19)11-15(18)13-21-20-12-14-6-4-5-7-17(14)22-2/h3-9,11,13,20H,1,10,12H2,2H3/b21-13-. The number of rotatable bonds is 8. The predicted molar refractivity (Wildman–Crippen MR) is 97.3 cm³/mol. The van der Waals surface area contributed by atoms with E-state index in [0.29, 0.717) is 13.2 Å². The van der Waals surface area contributed by atoms with Gasteiger partial charge >= 0.3 is 0 Å². The zero-order valence-corrected chi connectivity index (χ0v) is 14.5. The van der Waals surface area contributed by atoms with Gasteiger partial charge < -0.3 is 14.9 Å². The van der Waals surface area contributed by atoms with Gasteiger partial charge in [0, 0.05) is 15.6 Å². The van der Waals surface area contributed by atoms with Crippen LogP contribution in [0.3, 0.4) is 0 Å². The molecule has 4 nitrogen and oxygen atoms in total. The zero-order valence-electron chi connectivity index (χ0n) is 13.0. The van der Waals surface area contributed by atoms with Crippen molar-refractivity contribution in [3.05, 3.63) is 70.7 Å². The number of nitrogens with zero attached hydrogens (tertiary/aromatic N) is 1. The maximum Gasteiger partial charge on any atom is 0.128 e. The van der Waals surface area contributed by atoms with Crippen molar-refractivity contribution in [3.8, 4) is 11.5 Å². The molecular formula is C18H19BrN2O2. The Morgan fingerprint density at radius 1 is 1.22 bits per heavy atom. The van der Waals surface area contributed by atoms with E-state index in [1.54, 1.807) is 19.4 Å². The average Bonchev–Trinajstić information content (AvgIpc) is 2.58. The fourth-order valence-electron chi connectivity index (χ4n) is 2.00. The van der Waals surface area contributed by atoms with Gasteiger partial charge in [0.05, 0.1) is 19.9 Å². The average molecular weight is 375 g/mol. The van der Waals surface area contributed by atoms with E-state index in [1.807, 2.05) is 42.5 Å². The Labute approximate surface area is 144 Å². The maximum absolute atomic E-state index is 5.62. The van der Waals surface area contributed by atoms with E-state index in [1.165, 1.54) is 0 Å². The highest BCUT2D eigenvalue weighted by atomic mass is 79.9. The van der Waals surface area contributed by atoms with Crippen LogP contribution < -0.4 is 14.9 Å². The fourth-order valence-corrected chi connectivity index (χ4v) is 2.37. The van der Waals surface area contributed by atoms with Gasteiger partial charge in [-0.2, -0.15) is 5.10 Å². The summed E-state index contributed by atoms with van der Waals surface area (Å²) in [7, 11) is 1.66. The van der Waals surface area contributed by atoms with Gasteiger partial charge in [-0.1, -0.05) is 46.8 Å². The molecule has 0 radical (unpaired) electrons. The molecule has 23 heavy (non-hydrogen) atoms. The second-order valence-electron chi connectivity index (χ2n) is 4.69. The minimum Gasteiger partial charge on any atom is -0.496 e. The van der Waals surface area contributed by atoms with Gasteiger partial charge in [0.25, 0.3) is 0 Å². The summed E-state index contributed by atoms with van der Waals surface area (Å²) in [5.74, 6) is 1.60. The summed E-state index contributed by atoms with van der Waals surface area (Å²) < 4.78 is 11.9. The molecule has 0 saturated carbocycles. The number of ether oxygens (including phenoxy) is 2. The first-order valence-electron chi connectivity index (χ1n) is 7.15. The molecule has 2 rings (SSSR count). The molecule has 0 atom stereocenters. The lowest BCUT2D eigenvalue weighted by Gasteiger charge is -2.08. The molecule has 0 heterocycles. The van der Waals surface area contributed by atoms with Crippen molar-refractivity contribution in [3.63, 3.8) is 0 Å². The van der Waals surface area contributed by atoms with E-state index >= 15 is 0 Å². The van der Waals surface area contributed by atoms with E-state index in [2.05, 4.69) is 33.0 Å². The van der Waals surface area contributed by atoms with Gasteiger partial charge in [0.2, 0.25) is 0 Å². The molecule has 5 heteroatoms. The molecule has 0 unspecified atom stereocenters. The SMILES string of the molecule is C=CCOc1ccc(Br)cc1/C=N\NCc1ccccc1OC. The molecule has 2 aromatic rings. The highest BCUT2D eigenvalue weighted by Crippen LogP contribution is 2.22. The smallest absolute Gasteiger partial charge is 0.128 e. The van der Waals surface area contributed by atoms with Crippen molar-refractivity contribution in [2.75, 3.05) is 13.7 Å². The van der Waals surface area contributed by atoms with Crippen LogP contribution in [0.5, 0.6) is 11.5 Å². The summed E-state index contributed by atoms with van der Waals surface area (Å²) in [5.41, 5.74) is 4.96. The molecule has 0 fully saturated rings. The predicted octanol–water partition coefficient (Wildman–Crippen LogP) is 4.15. The highest BCUT2D eigenvalue weighted by molar-refractivity contribution is 9.10. The second kappa shape index (κ2) is 9.00. The van der Waals surface area contributed by atoms with Crippen molar-refractivity contribution in [1.29, 1.82) is 0 Å². The number of nitrogens with one attached hydrogen (secondary N) is 1. The summed E-state index contributed by atoms with van der Waals surface area (Å²) in [6.45, 7) is 4.69. The second-order valence-corrected chi connectivity index (χ2v) is 5.60. The van der Waals surface area contributed by atoms with Crippen LogP contribution in [0.1, 0.15) is 11.1 Å². The van der Waals surface area contributed by atoms with Crippen molar-refractivity contribution in [1.82, 2.24) is 5.43 Å². The monoisotopic (exact) mass is 374 g/mol. The third-order valence-corrected chi connectivity index (χ3v) is 3.58. The van der Waals surface area contributed by atoms with Crippen LogP contribution in [0.15, 0.2) is 64.7 Å². The van der Waals surface area contributed by atoms with Crippen LogP contribution in [-0.4, -0.2) is 19.9 Å². The first kappa shape index (κ1) is 17.1. The zero-order chi connectivity index (χ0) is 16.5. The Bertz CT molecular complexity index is 686. The van der Waals surface area contributed by atoms with Crippen molar-refractivity contribution in [2.24, 2.45) is 5.10 Å². The summed E-state index contributed by atoms with van der Waals surface area (Å²) in [5, 5.41) is 4.26. The molecule has 0 aliphatic carbocycles. The molecule has 2 aromatic carbocycles. The first-order chi connectivity index (χ1) is 11.2. The highest BCUT2D eigenvalue weighted by Gasteiger charge is 2.03. The molecule has 0 spiro atoms. The van der Waals surface area contributed by atoms with Crippen molar-refractivity contribution < 1.29 is 9.47 Å². The van der Waals surface area contributed by atoms with Crippen LogP contribution >= 0.6 is 15.9 Å². The molecule has 120 valence electrons. The molecule has 0 aliphatic heterocycles. The van der Waals surface area contributed by atoms with Crippen molar-refractivity contribution >= 4 is 22.1 Å². The van der Waals surface area contributed by atoms with Crippen LogP contribution in [0.4, 0.5) is 0 Å². The van der Waals surface area contributed by atoms with Gasteiger partial charge in [-0.05, 0) is 24.3 Å². The topological polar surface area (TPSA) is 42.8 Å². The number of benzene rings is 2. The number of para-hydroxylation sites is 1. The van der Waals surface area contributed by atoms with Crippen LogP contribution in [-0.2, 0) is 6.54 Å². The normalized spacial score (nSPS) is 10.5. The number of hydrogen-bond donors (Lipinski definition) is 1. The first-order valence-corrected chi connectivity index (χ1v) is 7.95. The van der Waals surface area contributed by atoms with Gasteiger partial charge in [0.1, 0.15) is 18.1 Å². The quantitative estimate of drug-likeness (QED) is 0.428. The minimum absolute atomic E-state index is 0.455. The van der Waals surface area contributed by atoms with Crippen LogP contribution in [0.2, 0.25) is 0 Å². The molecule has 0 aromatic heterocycles. The Morgan fingerprint density at radius 3 is 2.83 bits per heavy atom. The third kappa shape index (κ3) is 5.14. The lowest BCUT2D eigenvalue weighted by Crippen LogP contribution is -2.07. The van der Waals surface area contributed by atoms with E-state index in [-0.39, 0.29) is 0 Å². The summed E-state index contributed by atoms with van der Waals surface area (Å²) in [4.78, 5) is 0. The minimum atomic E-state index is 0.455. The Hall–Kier alpha value is -2.27. The van der Waals surface area contributed by atoms with Gasteiger partial charge in [-0.25, -0.2) is 0 Å². The number of hydrazone groups is 1. The lowest BCUT2D eigenvalue weighted by atomic mass is 10.2. The van der Waals surface area contributed by atoms with Gasteiger partial charge in [-0.3, -0.25) is 0 Å². The van der Waals surface area contributed by atoms with E-state index < -0.39 is 0 Å². The van der Waals surface area contributed by atoms with E-state index in [0.717, 1.165) is 27.1 Å². The largest absolute Gasteiger partial charge is 0.496 e. The van der Waals surface area contributed by atoms with E-state index in [4.69, 9.17) is 9.47 Å². The lowest BCUT2D eigenvalue weighted by molar-refractivity contribution is 0.362. The summed E-state index contributed by atoms with van der Waals surface area (Å²) in [6, 6.07) is 13.6. The molecule has 0 saturated heterocycles. The van der Waals surface area contributed by atoms with Crippen molar-refractivity contribution in [2.45, 2.75) is 6.54 Å². The summed E-state index contributed by atoms with van der Waals surface area (Å²) in [6.07, 6.45) is 3.45. The van der Waals surface area contributed by atoms with Gasteiger partial charge in [-0.15, -0.1) is 0 Å². The van der Waals surface area contributed by atoms with Crippen LogP contribution in [0.25, 0.3) is 0 Å². The Kier molecular flexibility index (Phi) is 6.69. The number of hydrogen-bond acceptors (Lipinski definition) is 4. The van der Waals surface area contributed by atoms with Crippen LogP contribution in [0, 0.1) is 0 Å². The molecule has 1 N–H and O–H groups in total. The Morgan fingerprint density at radius 2 is 2.04 bits per heavy atom. The molecule has 0 amide bonds. The molecular weight excluding hydrogens is 356 g/mol. The fraction of sp³-hybridized carbons (Fsp3) is 0.167.